The second-order valence-corrected chi connectivity index (χ2v) is 2.81. The van der Waals surface area contributed by atoms with Gasteiger partial charge in [0.2, 0.25) is 0 Å². The molecule has 0 unspecified atom stereocenters. The number of hydrogen-bond acceptors (Lipinski definition) is 3. The highest BCUT2D eigenvalue weighted by Gasteiger charge is 2.18. The first-order chi connectivity index (χ1) is 6.91. The lowest BCUT2D eigenvalue weighted by Gasteiger charge is -2.10. The van der Waals surface area contributed by atoms with Crippen molar-refractivity contribution in [3.05, 3.63) is 23.5 Å². The highest BCUT2D eigenvalue weighted by atomic mass is 19.3. The van der Waals surface area contributed by atoms with Gasteiger partial charge in [-0.3, -0.25) is 4.79 Å². The van der Waals surface area contributed by atoms with Crippen molar-refractivity contribution in [2.75, 3.05) is 5.73 Å². The molecule has 0 bridgehead atoms. The molecule has 15 heavy (non-hydrogen) atoms. The summed E-state index contributed by atoms with van der Waals surface area (Å²) < 4.78 is 40.9. The summed E-state index contributed by atoms with van der Waals surface area (Å²) in [4.78, 5) is 11.0. The third kappa shape index (κ3) is 2.61. The van der Waals surface area contributed by atoms with Gasteiger partial charge in [0, 0.05) is 11.8 Å². The quantitative estimate of drug-likeness (QED) is 0.626. The van der Waals surface area contributed by atoms with E-state index in [-0.39, 0.29) is 11.3 Å². The fourth-order valence-corrected chi connectivity index (χ4v) is 1.08. The molecule has 0 aliphatic heterocycles. The zero-order chi connectivity index (χ0) is 11.6. The Kier molecular flexibility index (Phi) is 3.18. The summed E-state index contributed by atoms with van der Waals surface area (Å²) in [5.41, 5.74) is 4.93. The van der Waals surface area contributed by atoms with Gasteiger partial charge in [0.1, 0.15) is 0 Å². The molecule has 0 radical (unpaired) electrons. The molecule has 1 aromatic rings. The Morgan fingerprint density at radius 2 is 2.07 bits per heavy atom. The molecule has 3 nitrogen and oxygen atoms in total. The van der Waals surface area contributed by atoms with E-state index in [1.54, 1.807) is 0 Å². The maximum atomic E-state index is 13.1. The number of anilines is 1. The lowest BCUT2D eigenvalue weighted by molar-refractivity contribution is -0.0524. The van der Waals surface area contributed by atoms with Crippen molar-refractivity contribution in [2.24, 2.45) is 0 Å². The Bertz CT molecular complexity index is 393. The van der Waals surface area contributed by atoms with Gasteiger partial charge in [-0.05, 0) is 13.0 Å². The average Bonchev–Trinajstić information content (AvgIpc) is 2.08. The first-order valence-corrected chi connectivity index (χ1v) is 3.96. The molecule has 82 valence electrons. The molecule has 2 N–H and O–H groups in total. The van der Waals surface area contributed by atoms with Crippen LogP contribution in [0.3, 0.4) is 0 Å². The second kappa shape index (κ2) is 4.20. The molecule has 0 fully saturated rings. The molecule has 6 heteroatoms. The number of nitrogen functional groups attached to an aromatic ring is 1. The van der Waals surface area contributed by atoms with Crippen molar-refractivity contribution in [3.63, 3.8) is 0 Å². The van der Waals surface area contributed by atoms with Crippen LogP contribution in [0.25, 0.3) is 0 Å². The molecule has 0 aliphatic rings. The molecule has 0 aromatic heterocycles. The number of alkyl halides is 2. The van der Waals surface area contributed by atoms with Crippen LogP contribution in [0.2, 0.25) is 0 Å². The van der Waals surface area contributed by atoms with Crippen LogP contribution >= 0.6 is 0 Å². The lowest BCUT2D eigenvalue weighted by atomic mass is 10.1. The Balaban J connectivity index is 3.27. The van der Waals surface area contributed by atoms with E-state index in [4.69, 9.17) is 5.73 Å². The average molecular weight is 219 g/mol. The van der Waals surface area contributed by atoms with E-state index < -0.39 is 24.0 Å². The summed E-state index contributed by atoms with van der Waals surface area (Å²) in [6.45, 7) is -2.09. The minimum atomic E-state index is -3.19. The monoisotopic (exact) mass is 219 g/mol. The number of carbonyl (C=O) groups is 1. The zero-order valence-corrected chi connectivity index (χ0v) is 7.76. The predicted molar refractivity (Wildman–Crippen MR) is 47.4 cm³/mol. The maximum Gasteiger partial charge on any atom is 0.387 e. The molecule has 0 saturated heterocycles. The largest absolute Gasteiger partial charge is 0.431 e. The van der Waals surface area contributed by atoms with Crippen molar-refractivity contribution in [1.29, 1.82) is 0 Å². The van der Waals surface area contributed by atoms with Gasteiger partial charge in [-0.1, -0.05) is 0 Å². The number of Topliss-reactive ketones (excluding diaryl/α,β-unsaturated/α-hetero) is 1. The van der Waals surface area contributed by atoms with Gasteiger partial charge in [-0.2, -0.15) is 8.78 Å². The van der Waals surface area contributed by atoms with Gasteiger partial charge in [0.05, 0.1) is 5.56 Å². The van der Waals surface area contributed by atoms with Gasteiger partial charge in [0.25, 0.3) is 0 Å². The van der Waals surface area contributed by atoms with E-state index in [0.717, 1.165) is 19.1 Å². The van der Waals surface area contributed by atoms with Crippen LogP contribution in [0.15, 0.2) is 12.1 Å². The minimum Gasteiger partial charge on any atom is -0.431 e. The topological polar surface area (TPSA) is 52.3 Å². The molecule has 1 aromatic carbocycles. The van der Waals surface area contributed by atoms with E-state index in [2.05, 4.69) is 4.74 Å². The van der Waals surface area contributed by atoms with Gasteiger partial charge < -0.3 is 10.5 Å². The number of hydrogen-bond donors (Lipinski definition) is 1. The van der Waals surface area contributed by atoms with Crippen molar-refractivity contribution in [2.45, 2.75) is 13.5 Å². The molecule has 0 spiro atoms. The Morgan fingerprint density at radius 1 is 1.47 bits per heavy atom. The van der Waals surface area contributed by atoms with Crippen LogP contribution in [-0.2, 0) is 0 Å². The minimum absolute atomic E-state index is 0.0284. The third-order valence-electron chi connectivity index (χ3n) is 1.65. The van der Waals surface area contributed by atoms with Crippen molar-refractivity contribution in [1.82, 2.24) is 0 Å². The van der Waals surface area contributed by atoms with Crippen molar-refractivity contribution < 1.29 is 22.7 Å². The Hall–Kier alpha value is -1.72. The van der Waals surface area contributed by atoms with Crippen LogP contribution in [0.5, 0.6) is 5.75 Å². The summed E-state index contributed by atoms with van der Waals surface area (Å²) in [5.74, 6) is -2.45. The molecule has 0 saturated carbocycles. The smallest absolute Gasteiger partial charge is 0.387 e. The fourth-order valence-electron chi connectivity index (χ4n) is 1.08. The van der Waals surface area contributed by atoms with E-state index in [9.17, 15) is 18.0 Å². The number of ketones is 1. The summed E-state index contributed by atoms with van der Waals surface area (Å²) >= 11 is 0. The molecule has 0 aliphatic carbocycles. The molecular weight excluding hydrogens is 211 g/mol. The van der Waals surface area contributed by atoms with E-state index >= 15 is 0 Å². The number of nitrogens with two attached hydrogens (primary N) is 1. The molecule has 0 heterocycles. The summed E-state index contributed by atoms with van der Waals surface area (Å²) in [6.07, 6.45) is 0. The normalized spacial score (nSPS) is 10.5. The SMILES string of the molecule is CC(=O)c1cc(N)cc(F)c1OC(F)F. The first-order valence-electron chi connectivity index (χ1n) is 3.96. The number of carbonyl (C=O) groups excluding carboxylic acids is 1. The summed E-state index contributed by atoms with van der Waals surface area (Å²) in [6, 6.07) is 1.90. The lowest BCUT2D eigenvalue weighted by Crippen LogP contribution is -2.09. The predicted octanol–water partition coefficient (Wildman–Crippen LogP) is 2.21. The van der Waals surface area contributed by atoms with E-state index in [0.29, 0.717) is 0 Å². The van der Waals surface area contributed by atoms with Gasteiger partial charge in [-0.15, -0.1) is 0 Å². The Labute approximate surface area is 83.6 Å². The third-order valence-corrected chi connectivity index (χ3v) is 1.65. The van der Waals surface area contributed by atoms with E-state index in [1.165, 1.54) is 0 Å². The number of benzene rings is 1. The number of ether oxygens (including phenoxy) is 1. The van der Waals surface area contributed by atoms with Crippen molar-refractivity contribution in [3.8, 4) is 5.75 Å². The highest BCUT2D eigenvalue weighted by molar-refractivity contribution is 5.97. The first kappa shape index (κ1) is 11.4. The molecular formula is C9H8F3NO2. The maximum absolute atomic E-state index is 13.1. The molecule has 0 atom stereocenters. The van der Waals surface area contributed by atoms with Crippen LogP contribution < -0.4 is 10.5 Å². The van der Waals surface area contributed by atoms with Crippen LogP contribution in [-0.4, -0.2) is 12.4 Å². The second-order valence-electron chi connectivity index (χ2n) is 2.81. The summed E-state index contributed by atoms with van der Waals surface area (Å²) in [5, 5.41) is 0. The summed E-state index contributed by atoms with van der Waals surface area (Å²) in [7, 11) is 0. The zero-order valence-electron chi connectivity index (χ0n) is 7.76. The van der Waals surface area contributed by atoms with Gasteiger partial charge in [0.15, 0.2) is 17.3 Å². The van der Waals surface area contributed by atoms with Crippen LogP contribution in [0, 0.1) is 5.82 Å². The van der Waals surface area contributed by atoms with Crippen LogP contribution in [0.1, 0.15) is 17.3 Å². The fraction of sp³-hybridized carbons (Fsp3) is 0.222. The standard InChI is InChI=1S/C9H8F3NO2/c1-4(14)6-2-5(13)3-7(10)8(6)15-9(11)12/h2-3,9H,13H2,1H3. The molecule has 0 amide bonds. The van der Waals surface area contributed by atoms with Crippen LogP contribution in [0.4, 0.5) is 18.9 Å². The van der Waals surface area contributed by atoms with Gasteiger partial charge in [-0.25, -0.2) is 4.39 Å². The van der Waals surface area contributed by atoms with Crippen molar-refractivity contribution >= 4 is 11.5 Å². The van der Waals surface area contributed by atoms with E-state index in [1.807, 2.05) is 0 Å². The Morgan fingerprint density at radius 3 is 2.53 bits per heavy atom. The van der Waals surface area contributed by atoms with Gasteiger partial charge >= 0.3 is 6.61 Å². The number of rotatable bonds is 3. The molecule has 1 rings (SSSR count). The number of halogens is 3. The highest BCUT2D eigenvalue weighted by Crippen LogP contribution is 2.27.